The molecule has 5 heteroatoms. The Labute approximate surface area is 145 Å². The van der Waals surface area contributed by atoms with Crippen LogP contribution < -0.4 is 11.1 Å². The van der Waals surface area contributed by atoms with Crippen molar-refractivity contribution in [3.8, 4) is 0 Å². The number of rotatable bonds is 4. The van der Waals surface area contributed by atoms with E-state index >= 15 is 0 Å². The largest absolute Gasteiger partial charge is 0.353 e. The third-order valence-electron chi connectivity index (χ3n) is 5.62. The van der Waals surface area contributed by atoms with Crippen molar-refractivity contribution in [1.29, 1.82) is 0 Å². The lowest BCUT2D eigenvalue weighted by Gasteiger charge is -2.39. The molecule has 0 spiro atoms. The molecule has 2 aliphatic rings. The van der Waals surface area contributed by atoms with Crippen LogP contribution in [0.25, 0.3) is 0 Å². The van der Waals surface area contributed by atoms with Crippen molar-refractivity contribution in [2.75, 3.05) is 13.1 Å². The van der Waals surface area contributed by atoms with E-state index in [9.17, 15) is 4.79 Å². The lowest BCUT2D eigenvalue weighted by molar-refractivity contribution is -0.129. The van der Waals surface area contributed by atoms with Crippen molar-refractivity contribution in [3.05, 3.63) is 30.1 Å². The van der Waals surface area contributed by atoms with Gasteiger partial charge in [0.1, 0.15) is 0 Å². The average Bonchev–Trinajstić information content (AvgIpc) is 2.57. The molecule has 2 heterocycles. The number of aromatic nitrogens is 1. The van der Waals surface area contributed by atoms with Crippen LogP contribution in [0.5, 0.6) is 0 Å². The number of likely N-dealkylation sites (tertiary alicyclic amines) is 1. The Kier molecular flexibility index (Phi) is 5.51. The highest BCUT2D eigenvalue weighted by molar-refractivity contribution is 5.80. The zero-order valence-corrected chi connectivity index (χ0v) is 14.7. The average molecular weight is 330 g/mol. The predicted octanol–water partition coefficient (Wildman–Crippen LogP) is 2.07. The van der Waals surface area contributed by atoms with Gasteiger partial charge >= 0.3 is 0 Å². The third kappa shape index (κ3) is 4.33. The van der Waals surface area contributed by atoms with Gasteiger partial charge in [-0.2, -0.15) is 0 Å². The van der Waals surface area contributed by atoms with E-state index in [1.165, 1.54) is 0 Å². The number of pyridine rings is 1. The predicted molar refractivity (Wildman–Crippen MR) is 95.2 cm³/mol. The van der Waals surface area contributed by atoms with Crippen LogP contribution in [-0.2, 0) is 11.3 Å². The van der Waals surface area contributed by atoms with Gasteiger partial charge in [-0.3, -0.25) is 14.7 Å². The van der Waals surface area contributed by atoms with Gasteiger partial charge in [-0.25, -0.2) is 0 Å². The van der Waals surface area contributed by atoms with Crippen molar-refractivity contribution in [1.82, 2.24) is 15.2 Å². The lowest BCUT2D eigenvalue weighted by atomic mass is 9.74. The topological polar surface area (TPSA) is 71.2 Å². The highest BCUT2D eigenvalue weighted by atomic mass is 16.2. The molecule has 0 bridgehead atoms. The number of carbonyl (C=O) groups excluding carboxylic acids is 1. The Morgan fingerprint density at radius 1 is 1.33 bits per heavy atom. The number of nitrogens with one attached hydrogen (secondary N) is 1. The minimum absolute atomic E-state index is 0.0298. The number of nitrogens with two attached hydrogens (primary N) is 1. The van der Waals surface area contributed by atoms with E-state index < -0.39 is 0 Å². The number of carbonyl (C=O) groups is 1. The second-order valence-corrected chi connectivity index (χ2v) is 7.68. The Morgan fingerprint density at radius 3 is 2.79 bits per heavy atom. The highest BCUT2D eigenvalue weighted by Gasteiger charge is 2.38. The van der Waals surface area contributed by atoms with Gasteiger partial charge in [0.2, 0.25) is 5.91 Å². The first-order valence-electron chi connectivity index (χ1n) is 9.26. The van der Waals surface area contributed by atoms with E-state index in [1.54, 1.807) is 0 Å². The summed E-state index contributed by atoms with van der Waals surface area (Å²) in [6, 6.07) is 6.33. The molecule has 1 aromatic heterocycles. The van der Waals surface area contributed by atoms with Crippen molar-refractivity contribution in [3.63, 3.8) is 0 Å². The molecule has 132 valence electrons. The highest BCUT2D eigenvalue weighted by Crippen LogP contribution is 2.32. The van der Waals surface area contributed by atoms with Crippen molar-refractivity contribution < 1.29 is 4.79 Å². The minimum Gasteiger partial charge on any atom is -0.353 e. The van der Waals surface area contributed by atoms with Gasteiger partial charge in [0, 0.05) is 37.4 Å². The normalized spacial score (nSPS) is 29.3. The molecule has 1 aliphatic carbocycles. The minimum atomic E-state index is -0.345. The van der Waals surface area contributed by atoms with Crippen molar-refractivity contribution >= 4 is 5.91 Å². The number of hydrogen-bond acceptors (Lipinski definition) is 4. The van der Waals surface area contributed by atoms with E-state index in [1.807, 2.05) is 25.3 Å². The lowest BCUT2D eigenvalue weighted by Crippen LogP contribution is -2.55. The van der Waals surface area contributed by atoms with Crippen LogP contribution in [0.1, 0.15) is 51.1 Å². The van der Waals surface area contributed by atoms with E-state index in [0.717, 1.165) is 63.9 Å². The maximum absolute atomic E-state index is 12.6. The van der Waals surface area contributed by atoms with Crippen molar-refractivity contribution in [2.24, 2.45) is 11.7 Å². The summed E-state index contributed by atoms with van der Waals surface area (Å²) in [7, 11) is 0. The van der Waals surface area contributed by atoms with Gasteiger partial charge in [-0.1, -0.05) is 18.9 Å². The van der Waals surface area contributed by atoms with Crippen LogP contribution in [0.4, 0.5) is 0 Å². The molecule has 3 rings (SSSR count). The fraction of sp³-hybridized carbons (Fsp3) is 0.684. The van der Waals surface area contributed by atoms with Gasteiger partial charge in [-0.15, -0.1) is 0 Å². The summed E-state index contributed by atoms with van der Waals surface area (Å²) >= 11 is 0. The first-order chi connectivity index (χ1) is 11.5. The Hall–Kier alpha value is -1.46. The molecule has 1 aliphatic heterocycles. The number of hydrogen-bond donors (Lipinski definition) is 2. The van der Waals surface area contributed by atoms with Gasteiger partial charge in [-0.05, 0) is 44.7 Å². The van der Waals surface area contributed by atoms with E-state index in [2.05, 4.69) is 21.3 Å². The van der Waals surface area contributed by atoms with Gasteiger partial charge in [0.05, 0.1) is 11.6 Å². The van der Waals surface area contributed by atoms with Crippen LogP contribution in [0.2, 0.25) is 0 Å². The number of piperidine rings is 1. The molecule has 2 atom stereocenters. The molecule has 24 heavy (non-hydrogen) atoms. The van der Waals surface area contributed by atoms with E-state index in [0.29, 0.717) is 0 Å². The molecule has 0 aromatic carbocycles. The molecule has 1 saturated carbocycles. The summed E-state index contributed by atoms with van der Waals surface area (Å²) in [5.41, 5.74) is 7.13. The zero-order valence-electron chi connectivity index (χ0n) is 14.7. The SMILES string of the molecule is CC1(N)CCCCC1C(=O)NC1CCN(Cc2ccccn2)CC1. The Bertz CT molecular complexity index is 538. The van der Waals surface area contributed by atoms with Gasteiger partial charge in [0.25, 0.3) is 0 Å². The summed E-state index contributed by atoms with van der Waals surface area (Å²) in [4.78, 5) is 19.4. The molecule has 1 amide bonds. The molecule has 1 saturated heterocycles. The molecule has 2 unspecified atom stereocenters. The summed E-state index contributed by atoms with van der Waals surface area (Å²) in [5.74, 6) is 0.140. The summed E-state index contributed by atoms with van der Waals surface area (Å²) < 4.78 is 0. The smallest absolute Gasteiger partial charge is 0.225 e. The van der Waals surface area contributed by atoms with Crippen LogP contribution in [0.15, 0.2) is 24.4 Å². The molecular weight excluding hydrogens is 300 g/mol. The van der Waals surface area contributed by atoms with E-state index in [-0.39, 0.29) is 23.4 Å². The molecule has 1 aromatic rings. The number of nitrogens with zero attached hydrogens (tertiary/aromatic N) is 2. The fourth-order valence-corrected chi connectivity index (χ4v) is 4.05. The fourth-order valence-electron chi connectivity index (χ4n) is 4.05. The Balaban J connectivity index is 1.46. The molecule has 2 fully saturated rings. The van der Waals surface area contributed by atoms with Crippen LogP contribution in [0, 0.1) is 5.92 Å². The van der Waals surface area contributed by atoms with Crippen LogP contribution >= 0.6 is 0 Å². The quantitative estimate of drug-likeness (QED) is 0.886. The molecular formula is C19H30N4O. The molecule has 3 N–H and O–H groups in total. The maximum atomic E-state index is 12.6. The zero-order chi connectivity index (χ0) is 17.0. The maximum Gasteiger partial charge on any atom is 0.225 e. The summed E-state index contributed by atoms with van der Waals surface area (Å²) in [5, 5.41) is 3.27. The molecule has 0 radical (unpaired) electrons. The van der Waals surface area contributed by atoms with Crippen LogP contribution in [-0.4, -0.2) is 40.5 Å². The van der Waals surface area contributed by atoms with Gasteiger partial charge < -0.3 is 11.1 Å². The summed E-state index contributed by atoms with van der Waals surface area (Å²) in [6.45, 7) is 4.94. The Morgan fingerprint density at radius 2 is 2.12 bits per heavy atom. The van der Waals surface area contributed by atoms with Gasteiger partial charge in [0.15, 0.2) is 0 Å². The first-order valence-corrected chi connectivity index (χ1v) is 9.26. The summed E-state index contributed by atoms with van der Waals surface area (Å²) in [6.07, 6.45) is 8.00. The monoisotopic (exact) mass is 330 g/mol. The van der Waals surface area contributed by atoms with E-state index in [4.69, 9.17) is 5.73 Å². The second-order valence-electron chi connectivity index (χ2n) is 7.68. The third-order valence-corrected chi connectivity index (χ3v) is 5.62. The first kappa shape index (κ1) is 17.4. The van der Waals surface area contributed by atoms with Crippen LogP contribution in [0.3, 0.4) is 0 Å². The second kappa shape index (κ2) is 7.62. The molecule has 5 nitrogen and oxygen atoms in total. The number of amides is 1. The standard InChI is InChI=1S/C19H30N4O/c1-19(20)10-4-2-7-17(19)18(24)22-15-8-12-23(13-9-15)14-16-6-3-5-11-21-16/h3,5-6,11,15,17H,2,4,7-10,12-14,20H2,1H3,(H,22,24). The van der Waals surface area contributed by atoms with Crippen molar-refractivity contribution in [2.45, 2.75) is 63.6 Å².